The molecule has 3 rings (SSSR count). The van der Waals surface area contributed by atoms with Crippen LogP contribution in [0.2, 0.25) is 0 Å². The van der Waals surface area contributed by atoms with Crippen LogP contribution in [0, 0.1) is 0 Å². The van der Waals surface area contributed by atoms with E-state index in [2.05, 4.69) is 25.6 Å². The largest absolute Gasteiger partial charge is 0.353 e. The molecule has 0 saturated heterocycles. The minimum atomic E-state index is -0.413. The normalized spacial score (nSPS) is 15.4. The second-order valence-corrected chi connectivity index (χ2v) is 6.96. The average Bonchev–Trinajstić information content (AvgIpc) is 2.88. The van der Waals surface area contributed by atoms with Crippen molar-refractivity contribution in [2.24, 2.45) is 0 Å². The second-order valence-electron chi connectivity index (χ2n) is 6.10. The van der Waals surface area contributed by atoms with Crippen LogP contribution in [0.25, 0.3) is 0 Å². The molecule has 1 saturated carbocycles. The molecule has 0 aliphatic heterocycles. The van der Waals surface area contributed by atoms with Crippen molar-refractivity contribution in [1.29, 1.82) is 0 Å². The van der Waals surface area contributed by atoms with Crippen molar-refractivity contribution in [1.82, 2.24) is 20.3 Å². The molecular formula is C17H21N5O2S. The van der Waals surface area contributed by atoms with Crippen molar-refractivity contribution in [3.63, 3.8) is 0 Å². The van der Waals surface area contributed by atoms with Crippen LogP contribution in [0.4, 0.5) is 5.13 Å². The first kappa shape index (κ1) is 17.5. The summed E-state index contributed by atoms with van der Waals surface area (Å²) in [5.74, 6) is -0.337. The van der Waals surface area contributed by atoms with Gasteiger partial charge < -0.3 is 5.32 Å². The highest BCUT2D eigenvalue weighted by atomic mass is 32.1. The number of carbonyl (C=O) groups excluding carboxylic acids is 2. The summed E-state index contributed by atoms with van der Waals surface area (Å²) in [6.45, 7) is 0. The molecule has 25 heavy (non-hydrogen) atoms. The van der Waals surface area contributed by atoms with E-state index in [1.807, 2.05) is 0 Å². The van der Waals surface area contributed by atoms with Gasteiger partial charge in [-0.15, -0.1) is 11.3 Å². The van der Waals surface area contributed by atoms with Gasteiger partial charge in [-0.1, -0.05) is 25.7 Å². The zero-order valence-electron chi connectivity index (χ0n) is 13.9. The molecule has 0 aromatic carbocycles. The van der Waals surface area contributed by atoms with Crippen molar-refractivity contribution in [3.8, 4) is 0 Å². The maximum atomic E-state index is 12.2. The van der Waals surface area contributed by atoms with Crippen molar-refractivity contribution in [2.75, 3.05) is 5.32 Å². The lowest BCUT2D eigenvalue weighted by molar-refractivity contribution is -0.121. The average molecular weight is 359 g/mol. The molecule has 1 aliphatic rings. The van der Waals surface area contributed by atoms with Crippen LogP contribution < -0.4 is 10.6 Å². The summed E-state index contributed by atoms with van der Waals surface area (Å²) in [5.41, 5.74) is 0.653. The predicted molar refractivity (Wildman–Crippen MR) is 95.4 cm³/mol. The van der Waals surface area contributed by atoms with E-state index in [4.69, 9.17) is 0 Å². The zero-order valence-corrected chi connectivity index (χ0v) is 14.7. The third-order valence-corrected chi connectivity index (χ3v) is 4.91. The number of nitrogens with zero attached hydrogens (tertiary/aromatic N) is 3. The summed E-state index contributed by atoms with van der Waals surface area (Å²) in [6, 6.07) is 1.92. The first-order chi connectivity index (χ1) is 12.2. The number of hydrogen-bond acceptors (Lipinski definition) is 6. The van der Waals surface area contributed by atoms with Crippen molar-refractivity contribution < 1.29 is 9.59 Å². The Kier molecular flexibility index (Phi) is 6.05. The van der Waals surface area contributed by atoms with Gasteiger partial charge in [0.2, 0.25) is 11.7 Å². The van der Waals surface area contributed by atoms with Crippen LogP contribution in [-0.4, -0.2) is 32.8 Å². The first-order valence-corrected chi connectivity index (χ1v) is 9.41. The standard InChI is InChI=1S/C17H21N5O2S/c23-14(20-12-6-3-1-2-4-7-12)10-13-11-25-17(21-13)22-16(24)15-18-8-5-9-19-15/h5,8-9,11-12H,1-4,6-7,10H2,(H,20,23)(H,21,22,24). The molecule has 0 bridgehead atoms. The van der Waals surface area contributed by atoms with Crippen LogP contribution in [0.3, 0.4) is 0 Å². The summed E-state index contributed by atoms with van der Waals surface area (Å²) in [7, 11) is 0. The fourth-order valence-electron chi connectivity index (χ4n) is 2.88. The minimum absolute atomic E-state index is 0.0125. The van der Waals surface area contributed by atoms with Crippen LogP contribution in [0.5, 0.6) is 0 Å². The highest BCUT2D eigenvalue weighted by molar-refractivity contribution is 7.14. The van der Waals surface area contributed by atoms with Crippen LogP contribution >= 0.6 is 11.3 Å². The quantitative estimate of drug-likeness (QED) is 0.800. The maximum Gasteiger partial charge on any atom is 0.295 e. The molecular weight excluding hydrogens is 338 g/mol. The fourth-order valence-corrected chi connectivity index (χ4v) is 3.59. The topological polar surface area (TPSA) is 96.9 Å². The lowest BCUT2D eigenvalue weighted by Crippen LogP contribution is -2.35. The van der Waals surface area contributed by atoms with E-state index in [9.17, 15) is 9.59 Å². The third-order valence-electron chi connectivity index (χ3n) is 4.10. The molecule has 132 valence electrons. The van der Waals surface area contributed by atoms with Gasteiger partial charge in [0, 0.05) is 23.8 Å². The SMILES string of the molecule is O=C(Cc1csc(NC(=O)c2ncccn2)n1)NC1CCCCCC1. The van der Waals surface area contributed by atoms with Gasteiger partial charge >= 0.3 is 0 Å². The number of nitrogens with one attached hydrogen (secondary N) is 2. The number of thiazole rings is 1. The van der Waals surface area contributed by atoms with Crippen molar-refractivity contribution in [2.45, 2.75) is 51.0 Å². The highest BCUT2D eigenvalue weighted by Gasteiger charge is 2.16. The Bertz CT molecular complexity index is 711. The Morgan fingerprint density at radius 3 is 2.56 bits per heavy atom. The molecule has 0 atom stereocenters. The molecule has 2 heterocycles. The number of anilines is 1. The van der Waals surface area contributed by atoms with Gasteiger partial charge in [-0.05, 0) is 18.9 Å². The third kappa shape index (κ3) is 5.32. The number of amides is 2. The molecule has 8 heteroatoms. The summed E-state index contributed by atoms with van der Waals surface area (Å²) >= 11 is 1.29. The number of aromatic nitrogens is 3. The van der Waals surface area contributed by atoms with Gasteiger partial charge in [-0.25, -0.2) is 15.0 Å². The molecule has 2 aromatic heterocycles. The number of hydrogen-bond donors (Lipinski definition) is 2. The van der Waals surface area contributed by atoms with Crippen LogP contribution in [0.1, 0.15) is 54.8 Å². The Labute approximate surface area is 150 Å². The van der Waals surface area contributed by atoms with Gasteiger partial charge in [0.15, 0.2) is 5.13 Å². The van der Waals surface area contributed by atoms with Crippen molar-refractivity contribution >= 4 is 28.3 Å². The lowest BCUT2D eigenvalue weighted by atomic mass is 10.1. The molecule has 1 fully saturated rings. The number of carbonyl (C=O) groups is 2. The van der Waals surface area contributed by atoms with Gasteiger partial charge in [0.1, 0.15) is 0 Å². The summed E-state index contributed by atoms with van der Waals surface area (Å²) < 4.78 is 0. The van der Waals surface area contributed by atoms with E-state index >= 15 is 0 Å². The number of rotatable bonds is 5. The summed E-state index contributed by atoms with van der Waals surface area (Å²) in [4.78, 5) is 36.3. The Morgan fingerprint density at radius 1 is 1.12 bits per heavy atom. The Morgan fingerprint density at radius 2 is 1.84 bits per heavy atom. The van der Waals surface area contributed by atoms with Crippen LogP contribution in [0.15, 0.2) is 23.8 Å². The molecule has 2 aromatic rings. The molecule has 0 spiro atoms. The van der Waals surface area contributed by atoms with E-state index < -0.39 is 5.91 Å². The van der Waals surface area contributed by atoms with Gasteiger partial charge in [0.05, 0.1) is 12.1 Å². The van der Waals surface area contributed by atoms with E-state index in [1.54, 1.807) is 11.4 Å². The molecule has 2 N–H and O–H groups in total. The van der Waals surface area contributed by atoms with E-state index in [-0.39, 0.29) is 24.2 Å². The fraction of sp³-hybridized carbons (Fsp3) is 0.471. The van der Waals surface area contributed by atoms with Gasteiger partial charge in [0.25, 0.3) is 5.91 Å². The molecule has 2 amide bonds. The maximum absolute atomic E-state index is 12.2. The highest BCUT2D eigenvalue weighted by Crippen LogP contribution is 2.18. The van der Waals surface area contributed by atoms with Crippen LogP contribution in [-0.2, 0) is 11.2 Å². The zero-order chi connectivity index (χ0) is 17.5. The van der Waals surface area contributed by atoms with Crippen molar-refractivity contribution in [3.05, 3.63) is 35.4 Å². The molecule has 0 radical (unpaired) electrons. The first-order valence-electron chi connectivity index (χ1n) is 8.53. The van der Waals surface area contributed by atoms with E-state index in [0.717, 1.165) is 12.8 Å². The lowest BCUT2D eigenvalue weighted by Gasteiger charge is -2.15. The van der Waals surface area contributed by atoms with E-state index in [0.29, 0.717) is 10.8 Å². The minimum Gasteiger partial charge on any atom is -0.353 e. The second kappa shape index (κ2) is 8.66. The smallest absolute Gasteiger partial charge is 0.295 e. The Balaban J connectivity index is 1.51. The Hall–Kier alpha value is -2.35. The molecule has 1 aliphatic carbocycles. The predicted octanol–water partition coefficient (Wildman–Crippen LogP) is 2.57. The molecule has 0 unspecified atom stereocenters. The van der Waals surface area contributed by atoms with Gasteiger partial charge in [-0.2, -0.15) is 0 Å². The summed E-state index contributed by atoms with van der Waals surface area (Å²) in [5, 5.41) is 7.98. The monoisotopic (exact) mass is 359 g/mol. The van der Waals surface area contributed by atoms with Gasteiger partial charge in [-0.3, -0.25) is 14.9 Å². The molecule has 7 nitrogen and oxygen atoms in total. The summed E-state index contributed by atoms with van der Waals surface area (Å²) in [6.07, 6.45) is 10.2. The van der Waals surface area contributed by atoms with E-state index in [1.165, 1.54) is 49.4 Å².